The van der Waals surface area contributed by atoms with Gasteiger partial charge in [0.1, 0.15) is 0 Å². The molecule has 0 bridgehead atoms. The zero-order valence-electron chi connectivity index (χ0n) is 9.17. The Bertz CT molecular complexity index is 297. The number of nitrogens with zero attached hydrogens (tertiary/aromatic N) is 1. The Hall–Kier alpha value is -0.900. The Balaban J connectivity index is 2.70. The van der Waals surface area contributed by atoms with E-state index in [4.69, 9.17) is 5.84 Å². The van der Waals surface area contributed by atoms with E-state index in [1.54, 1.807) is 0 Å². The van der Waals surface area contributed by atoms with E-state index < -0.39 is 0 Å². The maximum absolute atomic E-state index is 5.26. The smallest absolute Gasteiger partial charge is 0.0612 e. The Morgan fingerprint density at radius 1 is 1.36 bits per heavy atom. The molecule has 0 aliphatic rings. The van der Waals surface area contributed by atoms with Gasteiger partial charge >= 0.3 is 0 Å². The van der Waals surface area contributed by atoms with E-state index in [0.717, 1.165) is 6.54 Å². The van der Waals surface area contributed by atoms with Gasteiger partial charge in [0.05, 0.1) is 6.67 Å². The van der Waals surface area contributed by atoms with Crippen LogP contribution in [0.1, 0.15) is 16.7 Å². The number of benzene rings is 1. The lowest BCUT2D eigenvalue weighted by atomic mass is 10.1. The molecule has 0 atom stereocenters. The van der Waals surface area contributed by atoms with E-state index in [2.05, 4.69) is 42.4 Å². The summed E-state index contributed by atoms with van der Waals surface area (Å²) in [6, 6.07) is 6.52. The molecular formula is C11H19N3. The first kappa shape index (κ1) is 11.2. The van der Waals surface area contributed by atoms with Crippen LogP contribution in [0.15, 0.2) is 18.2 Å². The largest absolute Gasteiger partial charge is 0.288 e. The summed E-state index contributed by atoms with van der Waals surface area (Å²) in [5.41, 5.74) is 6.65. The number of nitrogens with one attached hydrogen (secondary N) is 1. The number of rotatable bonds is 4. The lowest BCUT2D eigenvalue weighted by Gasteiger charge is -2.17. The molecule has 0 aromatic heterocycles. The fourth-order valence-corrected chi connectivity index (χ4v) is 1.47. The van der Waals surface area contributed by atoms with Gasteiger partial charge in [-0.1, -0.05) is 23.8 Å². The third-order valence-electron chi connectivity index (χ3n) is 2.31. The van der Waals surface area contributed by atoms with Crippen LogP contribution in [0, 0.1) is 13.8 Å². The van der Waals surface area contributed by atoms with Gasteiger partial charge < -0.3 is 0 Å². The molecule has 0 fully saturated rings. The summed E-state index contributed by atoms with van der Waals surface area (Å²) in [6.45, 7) is 5.88. The monoisotopic (exact) mass is 193 g/mol. The van der Waals surface area contributed by atoms with Gasteiger partial charge in [-0.3, -0.25) is 10.7 Å². The molecule has 0 heterocycles. The standard InChI is InChI=1S/C11H19N3/c1-9-4-5-10(2)11(6-9)7-14(3)8-13-12/h4-6,13H,7-8,12H2,1-3H3. The molecular weight excluding hydrogens is 174 g/mol. The Labute approximate surface area is 85.9 Å². The average molecular weight is 193 g/mol. The third kappa shape index (κ3) is 3.10. The predicted octanol–water partition coefficient (Wildman–Crippen LogP) is 1.16. The van der Waals surface area contributed by atoms with Gasteiger partial charge in [0.25, 0.3) is 0 Å². The Morgan fingerprint density at radius 2 is 2.07 bits per heavy atom. The number of hydrogen-bond donors (Lipinski definition) is 2. The first-order valence-corrected chi connectivity index (χ1v) is 4.81. The highest BCUT2D eigenvalue weighted by Gasteiger charge is 2.02. The van der Waals surface area contributed by atoms with E-state index in [0.29, 0.717) is 6.67 Å². The summed E-state index contributed by atoms with van der Waals surface area (Å²) in [5.74, 6) is 5.26. The first-order valence-electron chi connectivity index (χ1n) is 4.81. The molecule has 0 unspecified atom stereocenters. The second-order valence-electron chi connectivity index (χ2n) is 3.81. The van der Waals surface area contributed by atoms with Crippen molar-refractivity contribution in [3.63, 3.8) is 0 Å². The van der Waals surface area contributed by atoms with E-state index in [1.165, 1.54) is 16.7 Å². The summed E-state index contributed by atoms with van der Waals surface area (Å²) in [4.78, 5) is 2.14. The molecule has 1 aromatic rings. The van der Waals surface area contributed by atoms with Gasteiger partial charge in [0.2, 0.25) is 0 Å². The highest BCUT2D eigenvalue weighted by molar-refractivity contribution is 5.30. The summed E-state index contributed by atoms with van der Waals surface area (Å²) in [6.07, 6.45) is 0. The van der Waals surface area contributed by atoms with Crippen LogP contribution in [-0.2, 0) is 6.54 Å². The minimum atomic E-state index is 0.702. The zero-order chi connectivity index (χ0) is 10.6. The topological polar surface area (TPSA) is 41.3 Å². The van der Waals surface area contributed by atoms with Crippen molar-refractivity contribution in [2.75, 3.05) is 13.7 Å². The van der Waals surface area contributed by atoms with Crippen LogP contribution in [0.5, 0.6) is 0 Å². The number of hydrogen-bond acceptors (Lipinski definition) is 3. The maximum atomic E-state index is 5.26. The van der Waals surface area contributed by atoms with Gasteiger partial charge in [0, 0.05) is 6.54 Å². The predicted molar refractivity (Wildman–Crippen MR) is 59.6 cm³/mol. The van der Waals surface area contributed by atoms with Crippen molar-refractivity contribution in [3.05, 3.63) is 34.9 Å². The molecule has 0 spiro atoms. The third-order valence-corrected chi connectivity index (χ3v) is 2.31. The maximum Gasteiger partial charge on any atom is 0.0612 e. The van der Waals surface area contributed by atoms with Gasteiger partial charge in [-0.2, -0.15) is 0 Å². The van der Waals surface area contributed by atoms with Gasteiger partial charge in [-0.15, -0.1) is 0 Å². The summed E-state index contributed by atoms with van der Waals surface area (Å²) in [7, 11) is 2.04. The van der Waals surface area contributed by atoms with Crippen LogP contribution in [0.2, 0.25) is 0 Å². The highest BCUT2D eigenvalue weighted by atomic mass is 15.3. The molecule has 3 N–H and O–H groups in total. The van der Waals surface area contributed by atoms with Crippen molar-refractivity contribution in [2.24, 2.45) is 5.84 Å². The van der Waals surface area contributed by atoms with Crippen LogP contribution >= 0.6 is 0 Å². The van der Waals surface area contributed by atoms with Gasteiger partial charge in [0.15, 0.2) is 0 Å². The molecule has 14 heavy (non-hydrogen) atoms. The molecule has 3 nitrogen and oxygen atoms in total. The lowest BCUT2D eigenvalue weighted by Crippen LogP contribution is -2.35. The normalized spacial score (nSPS) is 10.9. The van der Waals surface area contributed by atoms with E-state index in [1.807, 2.05) is 7.05 Å². The minimum absolute atomic E-state index is 0.702. The van der Waals surface area contributed by atoms with Crippen molar-refractivity contribution in [2.45, 2.75) is 20.4 Å². The highest BCUT2D eigenvalue weighted by Crippen LogP contribution is 2.12. The summed E-state index contributed by atoms with van der Waals surface area (Å²) in [5, 5.41) is 0. The van der Waals surface area contributed by atoms with Crippen molar-refractivity contribution in [3.8, 4) is 0 Å². The van der Waals surface area contributed by atoms with Crippen LogP contribution < -0.4 is 11.3 Å². The summed E-state index contributed by atoms with van der Waals surface area (Å²) < 4.78 is 0. The van der Waals surface area contributed by atoms with Crippen molar-refractivity contribution < 1.29 is 0 Å². The fourth-order valence-electron chi connectivity index (χ4n) is 1.47. The van der Waals surface area contributed by atoms with Gasteiger partial charge in [-0.05, 0) is 32.0 Å². The average Bonchev–Trinajstić information content (AvgIpc) is 2.12. The molecule has 0 saturated carbocycles. The van der Waals surface area contributed by atoms with Crippen LogP contribution in [-0.4, -0.2) is 18.6 Å². The second-order valence-corrected chi connectivity index (χ2v) is 3.81. The molecule has 0 amide bonds. The van der Waals surface area contributed by atoms with Gasteiger partial charge in [-0.25, -0.2) is 5.43 Å². The molecule has 0 saturated heterocycles. The Morgan fingerprint density at radius 3 is 2.71 bits per heavy atom. The summed E-state index contributed by atoms with van der Waals surface area (Å²) >= 11 is 0. The SMILES string of the molecule is Cc1ccc(C)c(CN(C)CNN)c1. The zero-order valence-corrected chi connectivity index (χ0v) is 9.17. The number of nitrogens with two attached hydrogens (primary N) is 1. The number of aryl methyl sites for hydroxylation is 2. The molecule has 1 rings (SSSR count). The van der Waals surface area contributed by atoms with Crippen LogP contribution in [0.4, 0.5) is 0 Å². The second kappa shape index (κ2) is 5.10. The number of hydrazine groups is 1. The molecule has 1 aromatic carbocycles. The van der Waals surface area contributed by atoms with Crippen molar-refractivity contribution in [1.82, 2.24) is 10.3 Å². The van der Waals surface area contributed by atoms with E-state index >= 15 is 0 Å². The van der Waals surface area contributed by atoms with Crippen molar-refractivity contribution >= 4 is 0 Å². The van der Waals surface area contributed by atoms with Crippen molar-refractivity contribution in [1.29, 1.82) is 0 Å². The Kier molecular flexibility index (Phi) is 4.07. The molecule has 0 aliphatic carbocycles. The molecule has 0 radical (unpaired) electrons. The molecule has 0 aliphatic heterocycles. The van der Waals surface area contributed by atoms with E-state index in [9.17, 15) is 0 Å². The van der Waals surface area contributed by atoms with E-state index in [-0.39, 0.29) is 0 Å². The fraction of sp³-hybridized carbons (Fsp3) is 0.455. The minimum Gasteiger partial charge on any atom is -0.288 e. The molecule has 78 valence electrons. The lowest BCUT2D eigenvalue weighted by molar-refractivity contribution is 0.301. The molecule has 3 heteroatoms. The van der Waals surface area contributed by atoms with Crippen LogP contribution in [0.25, 0.3) is 0 Å². The van der Waals surface area contributed by atoms with Crippen LogP contribution in [0.3, 0.4) is 0 Å². The quantitative estimate of drug-likeness (QED) is 0.428. The first-order chi connectivity index (χ1) is 6.63.